The summed E-state index contributed by atoms with van der Waals surface area (Å²) in [6.07, 6.45) is 3.79. The number of carbonyl (C=O) groups excluding carboxylic acids is 1. The van der Waals surface area contributed by atoms with E-state index in [-0.39, 0.29) is 0 Å². The molecule has 2 aromatic rings. The smallest absolute Gasteiger partial charge is 0.232 e. The van der Waals surface area contributed by atoms with Gasteiger partial charge in [0.25, 0.3) is 0 Å². The molecule has 0 aliphatic rings. The topological polar surface area (TPSA) is 30.0 Å². The monoisotopic (exact) mass is 327 g/mol. The van der Waals surface area contributed by atoms with Crippen molar-refractivity contribution in [2.45, 2.75) is 18.8 Å². The van der Waals surface area contributed by atoms with Gasteiger partial charge in [-0.3, -0.25) is 9.78 Å². The molecule has 0 amide bonds. The SMILES string of the molecule is CC(Cc1cccnc1)(C(=O)Cl)c1cc(Cl)ccc1Cl. The Balaban J connectivity index is 2.49. The number of halogens is 3. The Morgan fingerprint density at radius 3 is 2.65 bits per heavy atom. The van der Waals surface area contributed by atoms with E-state index in [2.05, 4.69) is 4.98 Å². The highest BCUT2D eigenvalue weighted by Crippen LogP contribution is 2.36. The van der Waals surface area contributed by atoms with Crippen molar-refractivity contribution in [2.75, 3.05) is 0 Å². The van der Waals surface area contributed by atoms with Crippen molar-refractivity contribution in [1.29, 1.82) is 0 Å². The maximum absolute atomic E-state index is 12.0. The summed E-state index contributed by atoms with van der Waals surface area (Å²) in [4.78, 5) is 16.0. The quantitative estimate of drug-likeness (QED) is 0.764. The van der Waals surface area contributed by atoms with E-state index in [0.29, 0.717) is 22.0 Å². The van der Waals surface area contributed by atoms with Crippen LogP contribution in [0.2, 0.25) is 10.0 Å². The van der Waals surface area contributed by atoms with Gasteiger partial charge in [-0.1, -0.05) is 29.3 Å². The summed E-state index contributed by atoms with van der Waals surface area (Å²) in [6, 6.07) is 8.73. The van der Waals surface area contributed by atoms with Gasteiger partial charge in [-0.15, -0.1) is 0 Å². The Kier molecular flexibility index (Phi) is 4.69. The van der Waals surface area contributed by atoms with Crippen LogP contribution < -0.4 is 0 Å². The molecule has 2 nitrogen and oxygen atoms in total. The van der Waals surface area contributed by atoms with Crippen LogP contribution in [0.3, 0.4) is 0 Å². The molecule has 1 unspecified atom stereocenters. The van der Waals surface area contributed by atoms with Crippen LogP contribution >= 0.6 is 34.8 Å². The van der Waals surface area contributed by atoms with E-state index in [1.54, 1.807) is 37.5 Å². The van der Waals surface area contributed by atoms with Gasteiger partial charge in [0.2, 0.25) is 5.24 Å². The molecule has 1 heterocycles. The summed E-state index contributed by atoms with van der Waals surface area (Å²) in [5.74, 6) is 0. The molecule has 0 saturated carbocycles. The van der Waals surface area contributed by atoms with Gasteiger partial charge in [-0.25, -0.2) is 0 Å². The zero-order valence-corrected chi connectivity index (χ0v) is 13.0. The van der Waals surface area contributed by atoms with E-state index in [4.69, 9.17) is 34.8 Å². The summed E-state index contributed by atoms with van der Waals surface area (Å²) >= 11 is 18.0. The first kappa shape index (κ1) is 15.3. The predicted molar refractivity (Wildman–Crippen MR) is 82.6 cm³/mol. The lowest BCUT2D eigenvalue weighted by molar-refractivity contribution is -0.116. The lowest BCUT2D eigenvalue weighted by atomic mass is 9.78. The largest absolute Gasteiger partial charge is 0.280 e. The molecular weight excluding hydrogens is 317 g/mol. The van der Waals surface area contributed by atoms with Gasteiger partial charge in [0.05, 0.1) is 5.41 Å². The molecule has 0 bridgehead atoms. The lowest BCUT2D eigenvalue weighted by Crippen LogP contribution is -2.32. The second-order valence-electron chi connectivity index (χ2n) is 4.77. The van der Waals surface area contributed by atoms with Crippen LogP contribution in [-0.2, 0) is 16.6 Å². The molecule has 1 atom stereocenters. The van der Waals surface area contributed by atoms with E-state index in [9.17, 15) is 4.79 Å². The van der Waals surface area contributed by atoms with Gasteiger partial charge >= 0.3 is 0 Å². The van der Waals surface area contributed by atoms with Crippen molar-refractivity contribution in [1.82, 2.24) is 4.98 Å². The standard InChI is InChI=1S/C15H12Cl3NO/c1-15(14(18)20,8-10-3-2-6-19-9-10)12-7-11(16)4-5-13(12)17/h2-7,9H,8H2,1H3. The van der Waals surface area contributed by atoms with Gasteiger partial charge in [-0.05, 0) is 60.3 Å². The van der Waals surface area contributed by atoms with Crippen molar-refractivity contribution in [3.8, 4) is 0 Å². The minimum atomic E-state index is -0.952. The van der Waals surface area contributed by atoms with Crippen LogP contribution in [0, 0.1) is 0 Å². The molecule has 0 N–H and O–H groups in total. The summed E-state index contributed by atoms with van der Waals surface area (Å²) in [5, 5.41) is 0.500. The molecule has 0 spiro atoms. The van der Waals surface area contributed by atoms with Gasteiger partial charge in [0.1, 0.15) is 0 Å². The molecule has 5 heteroatoms. The van der Waals surface area contributed by atoms with Crippen LogP contribution in [0.4, 0.5) is 0 Å². The molecule has 0 saturated heterocycles. The van der Waals surface area contributed by atoms with E-state index in [1.165, 1.54) is 0 Å². The first-order chi connectivity index (χ1) is 9.43. The van der Waals surface area contributed by atoms with Crippen LogP contribution in [-0.4, -0.2) is 10.2 Å². The van der Waals surface area contributed by atoms with E-state index < -0.39 is 10.7 Å². The van der Waals surface area contributed by atoms with E-state index in [0.717, 1.165) is 5.56 Å². The summed E-state index contributed by atoms with van der Waals surface area (Å²) in [5.41, 5.74) is 0.572. The number of pyridine rings is 1. The van der Waals surface area contributed by atoms with Crippen LogP contribution in [0.25, 0.3) is 0 Å². The zero-order chi connectivity index (χ0) is 14.8. The Morgan fingerprint density at radius 1 is 1.30 bits per heavy atom. The Hall–Kier alpha value is -1.09. The minimum Gasteiger partial charge on any atom is -0.280 e. The second-order valence-corrected chi connectivity index (χ2v) is 5.95. The van der Waals surface area contributed by atoms with Crippen LogP contribution in [0.5, 0.6) is 0 Å². The van der Waals surface area contributed by atoms with Crippen molar-refractivity contribution < 1.29 is 4.79 Å². The molecule has 0 radical (unpaired) electrons. The molecule has 0 fully saturated rings. The summed E-state index contributed by atoms with van der Waals surface area (Å²) in [7, 11) is 0. The zero-order valence-electron chi connectivity index (χ0n) is 10.7. The maximum atomic E-state index is 12.0. The molecule has 0 aliphatic carbocycles. The fourth-order valence-electron chi connectivity index (χ4n) is 2.10. The number of benzene rings is 1. The number of rotatable bonds is 4. The first-order valence-corrected chi connectivity index (χ1v) is 7.11. The normalized spacial score (nSPS) is 13.8. The molecule has 1 aromatic carbocycles. The highest BCUT2D eigenvalue weighted by molar-refractivity contribution is 6.65. The fraction of sp³-hybridized carbons (Fsp3) is 0.200. The van der Waals surface area contributed by atoms with Crippen molar-refractivity contribution in [3.63, 3.8) is 0 Å². The third-order valence-electron chi connectivity index (χ3n) is 3.24. The molecule has 104 valence electrons. The number of aromatic nitrogens is 1. The highest BCUT2D eigenvalue weighted by Gasteiger charge is 2.36. The van der Waals surface area contributed by atoms with Gasteiger partial charge < -0.3 is 0 Å². The number of hydrogen-bond donors (Lipinski definition) is 0. The highest BCUT2D eigenvalue weighted by atomic mass is 35.5. The van der Waals surface area contributed by atoms with Crippen molar-refractivity contribution in [2.24, 2.45) is 0 Å². The van der Waals surface area contributed by atoms with Crippen LogP contribution in [0.15, 0.2) is 42.7 Å². The Morgan fingerprint density at radius 2 is 2.05 bits per heavy atom. The fourth-order valence-corrected chi connectivity index (χ4v) is 2.77. The van der Waals surface area contributed by atoms with Gasteiger partial charge in [0, 0.05) is 22.4 Å². The van der Waals surface area contributed by atoms with E-state index in [1.807, 2.05) is 12.1 Å². The molecule has 1 aromatic heterocycles. The second kappa shape index (κ2) is 6.13. The minimum absolute atomic E-state index is 0.406. The number of nitrogens with zero attached hydrogens (tertiary/aromatic N) is 1. The van der Waals surface area contributed by atoms with E-state index >= 15 is 0 Å². The summed E-state index contributed by atoms with van der Waals surface area (Å²) < 4.78 is 0. The Bertz CT molecular complexity index is 630. The molecular formula is C15H12Cl3NO. The summed E-state index contributed by atoms with van der Waals surface area (Å²) in [6.45, 7) is 1.76. The third-order valence-corrected chi connectivity index (χ3v) is 4.22. The lowest BCUT2D eigenvalue weighted by Gasteiger charge is -2.27. The maximum Gasteiger partial charge on any atom is 0.232 e. The average Bonchev–Trinajstić information content (AvgIpc) is 2.42. The molecule has 20 heavy (non-hydrogen) atoms. The van der Waals surface area contributed by atoms with Gasteiger partial charge in [-0.2, -0.15) is 0 Å². The first-order valence-electron chi connectivity index (χ1n) is 5.98. The van der Waals surface area contributed by atoms with Crippen molar-refractivity contribution in [3.05, 3.63) is 63.9 Å². The number of hydrogen-bond acceptors (Lipinski definition) is 2. The average molecular weight is 329 g/mol. The van der Waals surface area contributed by atoms with Crippen molar-refractivity contribution >= 4 is 40.0 Å². The van der Waals surface area contributed by atoms with Crippen LogP contribution in [0.1, 0.15) is 18.1 Å². The predicted octanol–water partition coefficient (Wildman–Crippen LogP) is 4.65. The van der Waals surface area contributed by atoms with Gasteiger partial charge in [0.15, 0.2) is 0 Å². The number of carbonyl (C=O) groups is 1. The molecule has 2 rings (SSSR count). The molecule has 0 aliphatic heterocycles. The third kappa shape index (κ3) is 3.14. The Labute approximate surface area is 132 Å².